The van der Waals surface area contributed by atoms with Crippen molar-refractivity contribution in [2.45, 2.75) is 6.92 Å². The molecule has 0 saturated carbocycles. The Bertz CT molecular complexity index is 694. The zero-order valence-electron chi connectivity index (χ0n) is 10.1. The molecular weight excluding hydrogens is 307 g/mol. The van der Waals surface area contributed by atoms with Gasteiger partial charge in [-0.1, -0.05) is 23.2 Å². The Hall–Kier alpha value is -2.12. The fourth-order valence-corrected chi connectivity index (χ4v) is 1.78. The Kier molecular flexibility index (Phi) is 3.91. The van der Waals surface area contributed by atoms with E-state index in [1.54, 1.807) is 0 Å². The van der Waals surface area contributed by atoms with Crippen LogP contribution in [0.4, 0.5) is 11.6 Å². The molecular formula is C11H8Cl2N4O3. The molecule has 2 aromatic rings. The molecule has 1 heterocycles. The van der Waals surface area contributed by atoms with Gasteiger partial charge in [0.1, 0.15) is 11.4 Å². The average molecular weight is 315 g/mol. The zero-order valence-corrected chi connectivity index (χ0v) is 11.6. The van der Waals surface area contributed by atoms with Crippen molar-refractivity contribution in [3.8, 4) is 11.6 Å². The van der Waals surface area contributed by atoms with Gasteiger partial charge < -0.3 is 10.5 Å². The summed E-state index contributed by atoms with van der Waals surface area (Å²) in [6, 6.07) is 4.43. The van der Waals surface area contributed by atoms with E-state index in [0.717, 1.165) is 0 Å². The van der Waals surface area contributed by atoms with Gasteiger partial charge in [0.15, 0.2) is 0 Å². The number of aryl methyl sites for hydroxylation is 1. The molecule has 7 nitrogen and oxygen atoms in total. The van der Waals surface area contributed by atoms with E-state index in [1.165, 1.54) is 25.1 Å². The van der Waals surface area contributed by atoms with Crippen molar-refractivity contribution in [1.82, 2.24) is 9.97 Å². The second kappa shape index (κ2) is 5.48. The lowest BCUT2D eigenvalue weighted by molar-refractivity contribution is -0.386. The van der Waals surface area contributed by atoms with Crippen LogP contribution in [0.3, 0.4) is 0 Å². The van der Waals surface area contributed by atoms with E-state index in [-0.39, 0.29) is 34.0 Å². The number of aromatic nitrogens is 2. The van der Waals surface area contributed by atoms with E-state index in [4.69, 9.17) is 33.7 Å². The number of nitro groups is 1. The molecule has 0 fully saturated rings. The highest BCUT2D eigenvalue weighted by Crippen LogP contribution is 2.34. The SMILES string of the molecule is Cc1nc(N)nc(Oc2ccc(Cl)c(Cl)c2)c1[N+](=O)[O-]. The first-order valence-corrected chi connectivity index (χ1v) is 6.05. The summed E-state index contributed by atoms with van der Waals surface area (Å²) in [6.45, 7) is 1.44. The van der Waals surface area contributed by atoms with Gasteiger partial charge in [-0.25, -0.2) is 4.98 Å². The number of halogens is 2. The number of ether oxygens (including phenoxy) is 1. The van der Waals surface area contributed by atoms with Gasteiger partial charge >= 0.3 is 11.6 Å². The number of hydrogen-bond donors (Lipinski definition) is 1. The summed E-state index contributed by atoms with van der Waals surface area (Å²) in [5.41, 5.74) is 5.22. The minimum absolute atomic E-state index is 0.109. The highest BCUT2D eigenvalue weighted by Gasteiger charge is 2.23. The smallest absolute Gasteiger partial charge is 0.352 e. The average Bonchev–Trinajstić information content (AvgIpc) is 2.32. The van der Waals surface area contributed by atoms with Gasteiger partial charge in [-0.2, -0.15) is 4.98 Å². The lowest BCUT2D eigenvalue weighted by atomic mass is 10.3. The second-order valence-electron chi connectivity index (χ2n) is 3.76. The molecule has 0 aliphatic rings. The maximum Gasteiger partial charge on any atom is 0.352 e. The summed E-state index contributed by atoms with van der Waals surface area (Å²) in [5, 5.41) is 11.6. The van der Waals surface area contributed by atoms with Gasteiger partial charge in [0, 0.05) is 6.07 Å². The Morgan fingerprint density at radius 2 is 2.00 bits per heavy atom. The minimum atomic E-state index is -0.637. The first kappa shape index (κ1) is 14.3. The highest BCUT2D eigenvalue weighted by molar-refractivity contribution is 6.42. The minimum Gasteiger partial charge on any atom is -0.434 e. The molecule has 0 aliphatic carbocycles. The number of hydrogen-bond acceptors (Lipinski definition) is 6. The van der Waals surface area contributed by atoms with Crippen molar-refractivity contribution in [2.24, 2.45) is 0 Å². The topological polar surface area (TPSA) is 104 Å². The number of anilines is 1. The highest BCUT2D eigenvalue weighted by atomic mass is 35.5. The van der Waals surface area contributed by atoms with Gasteiger partial charge in [0.25, 0.3) is 0 Å². The van der Waals surface area contributed by atoms with Gasteiger partial charge in [-0.3, -0.25) is 10.1 Å². The van der Waals surface area contributed by atoms with E-state index < -0.39 is 4.92 Å². The van der Waals surface area contributed by atoms with Gasteiger partial charge in [0.2, 0.25) is 5.95 Å². The van der Waals surface area contributed by atoms with Crippen LogP contribution < -0.4 is 10.5 Å². The number of nitrogens with zero attached hydrogens (tertiary/aromatic N) is 3. The predicted molar refractivity (Wildman–Crippen MR) is 74.4 cm³/mol. The normalized spacial score (nSPS) is 10.3. The monoisotopic (exact) mass is 314 g/mol. The molecule has 2 rings (SSSR count). The molecule has 2 N–H and O–H groups in total. The molecule has 0 aliphatic heterocycles. The summed E-state index contributed by atoms with van der Waals surface area (Å²) in [6.07, 6.45) is 0. The Morgan fingerprint density at radius 1 is 1.30 bits per heavy atom. The van der Waals surface area contributed by atoms with Crippen LogP contribution in [0.25, 0.3) is 0 Å². The lowest BCUT2D eigenvalue weighted by Gasteiger charge is -2.07. The molecule has 1 aromatic heterocycles. The Balaban J connectivity index is 2.47. The fraction of sp³-hybridized carbons (Fsp3) is 0.0909. The number of rotatable bonds is 3. The zero-order chi connectivity index (χ0) is 14.9. The van der Waals surface area contributed by atoms with Crippen LogP contribution in [-0.4, -0.2) is 14.9 Å². The van der Waals surface area contributed by atoms with Crippen molar-refractivity contribution in [1.29, 1.82) is 0 Å². The van der Waals surface area contributed by atoms with Crippen LogP contribution in [0.5, 0.6) is 11.6 Å². The molecule has 20 heavy (non-hydrogen) atoms. The van der Waals surface area contributed by atoms with Crippen LogP contribution in [0.1, 0.15) is 5.69 Å². The van der Waals surface area contributed by atoms with Gasteiger partial charge in [0.05, 0.1) is 15.0 Å². The molecule has 0 amide bonds. The van der Waals surface area contributed by atoms with Crippen molar-refractivity contribution >= 4 is 34.8 Å². The molecule has 0 atom stereocenters. The van der Waals surface area contributed by atoms with Crippen LogP contribution >= 0.6 is 23.2 Å². The van der Waals surface area contributed by atoms with E-state index in [2.05, 4.69) is 9.97 Å². The van der Waals surface area contributed by atoms with Crippen LogP contribution in [0, 0.1) is 17.0 Å². The van der Waals surface area contributed by atoms with Crippen molar-refractivity contribution in [3.63, 3.8) is 0 Å². The number of nitrogen functional groups attached to an aromatic ring is 1. The Morgan fingerprint density at radius 3 is 2.60 bits per heavy atom. The van der Waals surface area contributed by atoms with Crippen LogP contribution in [0.2, 0.25) is 10.0 Å². The quantitative estimate of drug-likeness (QED) is 0.688. The Labute approximate surface area is 123 Å². The maximum absolute atomic E-state index is 11.0. The molecule has 0 spiro atoms. The largest absolute Gasteiger partial charge is 0.434 e. The van der Waals surface area contributed by atoms with E-state index in [1.807, 2.05) is 0 Å². The summed E-state index contributed by atoms with van der Waals surface area (Å²) >= 11 is 11.6. The summed E-state index contributed by atoms with van der Waals surface area (Å²) < 4.78 is 5.35. The molecule has 104 valence electrons. The third kappa shape index (κ3) is 2.89. The van der Waals surface area contributed by atoms with Crippen LogP contribution in [-0.2, 0) is 0 Å². The first-order chi connectivity index (χ1) is 9.38. The molecule has 0 bridgehead atoms. The maximum atomic E-state index is 11.0. The van der Waals surface area contributed by atoms with Gasteiger partial charge in [-0.05, 0) is 19.1 Å². The van der Waals surface area contributed by atoms with Crippen molar-refractivity contribution < 1.29 is 9.66 Å². The van der Waals surface area contributed by atoms with E-state index >= 15 is 0 Å². The standard InChI is InChI=1S/C11H8Cl2N4O3/c1-5-9(17(18)19)10(16-11(14)15-5)20-6-2-3-7(12)8(13)4-6/h2-4H,1H3,(H2,14,15,16). The summed E-state index contributed by atoms with van der Waals surface area (Å²) in [7, 11) is 0. The van der Waals surface area contributed by atoms with E-state index in [0.29, 0.717) is 5.02 Å². The molecule has 0 radical (unpaired) electrons. The van der Waals surface area contributed by atoms with Gasteiger partial charge in [-0.15, -0.1) is 0 Å². The molecule has 1 aromatic carbocycles. The fourth-order valence-electron chi connectivity index (χ4n) is 1.49. The second-order valence-corrected chi connectivity index (χ2v) is 4.57. The third-order valence-electron chi connectivity index (χ3n) is 2.33. The summed E-state index contributed by atoms with van der Waals surface area (Å²) in [4.78, 5) is 17.8. The van der Waals surface area contributed by atoms with E-state index in [9.17, 15) is 10.1 Å². The van der Waals surface area contributed by atoms with Crippen molar-refractivity contribution in [2.75, 3.05) is 5.73 Å². The predicted octanol–water partition coefficient (Wildman–Crippen LogP) is 3.37. The number of benzene rings is 1. The van der Waals surface area contributed by atoms with Crippen LogP contribution in [0.15, 0.2) is 18.2 Å². The lowest BCUT2D eigenvalue weighted by Crippen LogP contribution is -2.04. The molecule has 0 saturated heterocycles. The summed E-state index contributed by atoms with van der Waals surface area (Å²) in [5.74, 6) is -0.124. The third-order valence-corrected chi connectivity index (χ3v) is 3.07. The van der Waals surface area contributed by atoms with Crippen molar-refractivity contribution in [3.05, 3.63) is 44.1 Å². The molecule has 0 unspecified atom stereocenters. The first-order valence-electron chi connectivity index (χ1n) is 5.30. The number of nitrogens with two attached hydrogens (primary N) is 1. The molecule has 9 heteroatoms.